The second-order valence-electron chi connectivity index (χ2n) is 4.89. The van der Waals surface area contributed by atoms with E-state index >= 15 is 0 Å². The van der Waals surface area contributed by atoms with Gasteiger partial charge < -0.3 is 19.5 Å². The Hall–Kier alpha value is -2.17. The van der Waals surface area contributed by atoms with Gasteiger partial charge in [0.1, 0.15) is 5.69 Å². The number of nitrogens with one attached hydrogen (secondary N) is 1. The molecule has 0 radical (unpaired) electrons. The molecule has 0 aliphatic rings. The van der Waals surface area contributed by atoms with Gasteiger partial charge >= 0.3 is 5.97 Å². The maximum absolute atomic E-state index is 11.6. The standard InChI is InChI=1S/C14H19N3O2/c1-16(2)9-6-11-10(13(7-9)17(3)4)8-12(15-11)14(18)19-5/h6-8,15H,1-5H3. The molecule has 0 unspecified atom stereocenters. The van der Waals surface area contributed by atoms with Crippen LogP contribution >= 0.6 is 0 Å². The Morgan fingerprint density at radius 2 is 1.79 bits per heavy atom. The summed E-state index contributed by atoms with van der Waals surface area (Å²) in [6.07, 6.45) is 0. The number of esters is 1. The van der Waals surface area contributed by atoms with Crippen molar-refractivity contribution in [2.45, 2.75) is 0 Å². The molecule has 0 spiro atoms. The molecule has 1 aromatic heterocycles. The third-order valence-electron chi connectivity index (χ3n) is 3.10. The SMILES string of the molecule is COC(=O)c1cc2c(N(C)C)cc(N(C)C)cc2[nH]1. The van der Waals surface area contributed by atoms with Crippen LogP contribution in [0.2, 0.25) is 0 Å². The summed E-state index contributed by atoms with van der Waals surface area (Å²) < 4.78 is 4.75. The van der Waals surface area contributed by atoms with Crippen LogP contribution in [-0.4, -0.2) is 46.3 Å². The van der Waals surface area contributed by atoms with Gasteiger partial charge in [0, 0.05) is 45.0 Å². The van der Waals surface area contributed by atoms with Crippen LogP contribution in [0.15, 0.2) is 18.2 Å². The highest BCUT2D eigenvalue weighted by Gasteiger charge is 2.14. The third-order valence-corrected chi connectivity index (χ3v) is 3.10. The number of methoxy groups -OCH3 is 1. The number of rotatable bonds is 3. The number of anilines is 2. The smallest absolute Gasteiger partial charge is 0.354 e. The number of hydrogen-bond acceptors (Lipinski definition) is 4. The zero-order valence-electron chi connectivity index (χ0n) is 11.9. The van der Waals surface area contributed by atoms with E-state index in [0.29, 0.717) is 5.69 Å². The number of aromatic amines is 1. The van der Waals surface area contributed by atoms with Gasteiger partial charge in [0.25, 0.3) is 0 Å². The number of hydrogen-bond donors (Lipinski definition) is 1. The van der Waals surface area contributed by atoms with Crippen molar-refractivity contribution in [3.8, 4) is 0 Å². The Balaban J connectivity index is 2.68. The molecule has 2 aromatic rings. The van der Waals surface area contributed by atoms with Gasteiger partial charge in [-0.15, -0.1) is 0 Å². The van der Waals surface area contributed by atoms with Crippen LogP contribution in [0.5, 0.6) is 0 Å². The molecular weight excluding hydrogens is 242 g/mol. The van der Waals surface area contributed by atoms with E-state index in [0.717, 1.165) is 22.3 Å². The molecule has 0 amide bonds. The fourth-order valence-corrected chi connectivity index (χ4v) is 2.05. The quantitative estimate of drug-likeness (QED) is 0.859. The molecule has 0 bridgehead atoms. The summed E-state index contributed by atoms with van der Waals surface area (Å²) in [4.78, 5) is 18.8. The van der Waals surface area contributed by atoms with E-state index in [9.17, 15) is 4.79 Å². The maximum Gasteiger partial charge on any atom is 0.354 e. The number of aromatic nitrogens is 1. The molecule has 0 fully saturated rings. The minimum atomic E-state index is -0.354. The van der Waals surface area contributed by atoms with Crippen molar-refractivity contribution in [1.82, 2.24) is 4.98 Å². The van der Waals surface area contributed by atoms with Crippen LogP contribution in [0.4, 0.5) is 11.4 Å². The van der Waals surface area contributed by atoms with Crippen molar-refractivity contribution in [3.05, 3.63) is 23.9 Å². The summed E-state index contributed by atoms with van der Waals surface area (Å²) in [7, 11) is 9.33. The van der Waals surface area contributed by atoms with Crippen LogP contribution in [0.25, 0.3) is 10.9 Å². The van der Waals surface area contributed by atoms with Gasteiger partial charge in [0.05, 0.1) is 12.6 Å². The number of fused-ring (bicyclic) bond motifs is 1. The Kier molecular flexibility index (Phi) is 3.38. The van der Waals surface area contributed by atoms with E-state index in [4.69, 9.17) is 4.74 Å². The molecule has 5 heteroatoms. The zero-order chi connectivity index (χ0) is 14.2. The molecule has 0 saturated heterocycles. The Morgan fingerprint density at radius 3 is 2.32 bits per heavy atom. The van der Waals surface area contributed by atoms with Crippen LogP contribution in [0.1, 0.15) is 10.5 Å². The van der Waals surface area contributed by atoms with Crippen LogP contribution in [-0.2, 0) is 4.74 Å². The first-order chi connectivity index (χ1) is 8.93. The van der Waals surface area contributed by atoms with E-state index in [-0.39, 0.29) is 5.97 Å². The highest BCUT2D eigenvalue weighted by Crippen LogP contribution is 2.31. The van der Waals surface area contributed by atoms with E-state index in [1.54, 1.807) is 0 Å². The van der Waals surface area contributed by atoms with Crippen molar-refractivity contribution in [1.29, 1.82) is 0 Å². The molecule has 0 atom stereocenters. The van der Waals surface area contributed by atoms with Crippen molar-refractivity contribution < 1.29 is 9.53 Å². The molecule has 1 heterocycles. The Labute approximate surface area is 112 Å². The Morgan fingerprint density at radius 1 is 1.11 bits per heavy atom. The lowest BCUT2D eigenvalue weighted by atomic mass is 10.1. The molecule has 0 aliphatic carbocycles. The molecule has 102 valence electrons. The van der Waals surface area contributed by atoms with E-state index < -0.39 is 0 Å². The summed E-state index contributed by atoms with van der Waals surface area (Å²) in [5.74, 6) is -0.354. The molecule has 5 nitrogen and oxygen atoms in total. The Bertz CT molecular complexity index is 614. The summed E-state index contributed by atoms with van der Waals surface area (Å²) in [6, 6.07) is 5.95. The molecular formula is C14H19N3O2. The second-order valence-corrected chi connectivity index (χ2v) is 4.89. The summed E-state index contributed by atoms with van der Waals surface area (Å²) in [6.45, 7) is 0. The van der Waals surface area contributed by atoms with Crippen LogP contribution < -0.4 is 9.80 Å². The average molecular weight is 261 g/mol. The number of benzene rings is 1. The van der Waals surface area contributed by atoms with Crippen LogP contribution in [0, 0.1) is 0 Å². The number of H-pyrrole nitrogens is 1. The van der Waals surface area contributed by atoms with Gasteiger partial charge in [-0.2, -0.15) is 0 Å². The predicted octanol–water partition coefficient (Wildman–Crippen LogP) is 2.09. The third kappa shape index (κ3) is 2.36. The fourth-order valence-electron chi connectivity index (χ4n) is 2.05. The van der Waals surface area contributed by atoms with Crippen molar-refractivity contribution in [2.75, 3.05) is 45.1 Å². The zero-order valence-corrected chi connectivity index (χ0v) is 11.9. The van der Waals surface area contributed by atoms with Gasteiger partial charge in [0.15, 0.2) is 0 Å². The maximum atomic E-state index is 11.6. The number of ether oxygens (including phenoxy) is 1. The lowest BCUT2D eigenvalue weighted by molar-refractivity contribution is 0.0595. The molecule has 19 heavy (non-hydrogen) atoms. The first-order valence-electron chi connectivity index (χ1n) is 6.03. The highest BCUT2D eigenvalue weighted by atomic mass is 16.5. The van der Waals surface area contributed by atoms with Gasteiger partial charge in [-0.05, 0) is 18.2 Å². The molecule has 1 aromatic carbocycles. The minimum absolute atomic E-state index is 0.354. The van der Waals surface area contributed by atoms with Gasteiger partial charge in [-0.3, -0.25) is 0 Å². The van der Waals surface area contributed by atoms with E-state index in [2.05, 4.69) is 11.1 Å². The largest absolute Gasteiger partial charge is 0.464 e. The van der Waals surface area contributed by atoms with E-state index in [1.165, 1.54) is 7.11 Å². The monoisotopic (exact) mass is 261 g/mol. The fraction of sp³-hybridized carbons (Fsp3) is 0.357. The highest BCUT2D eigenvalue weighted by molar-refractivity contribution is 6.01. The molecule has 1 N–H and O–H groups in total. The lowest BCUT2D eigenvalue weighted by Gasteiger charge is -2.19. The van der Waals surface area contributed by atoms with Gasteiger partial charge in [-0.1, -0.05) is 0 Å². The first-order valence-corrected chi connectivity index (χ1v) is 6.03. The van der Waals surface area contributed by atoms with Crippen molar-refractivity contribution in [2.24, 2.45) is 0 Å². The molecule has 0 saturated carbocycles. The summed E-state index contributed by atoms with van der Waals surface area (Å²) in [5.41, 5.74) is 3.54. The summed E-state index contributed by atoms with van der Waals surface area (Å²) >= 11 is 0. The molecule has 0 aliphatic heterocycles. The van der Waals surface area contributed by atoms with Gasteiger partial charge in [-0.25, -0.2) is 4.79 Å². The van der Waals surface area contributed by atoms with Crippen LogP contribution in [0.3, 0.4) is 0 Å². The topological polar surface area (TPSA) is 48.6 Å². The average Bonchev–Trinajstić information content (AvgIpc) is 2.79. The lowest BCUT2D eigenvalue weighted by Crippen LogP contribution is -2.12. The van der Waals surface area contributed by atoms with Crippen molar-refractivity contribution >= 4 is 28.2 Å². The first kappa shape index (κ1) is 13.3. The van der Waals surface area contributed by atoms with E-state index in [1.807, 2.05) is 50.1 Å². The van der Waals surface area contributed by atoms with Crippen molar-refractivity contribution in [3.63, 3.8) is 0 Å². The summed E-state index contributed by atoms with van der Waals surface area (Å²) in [5, 5.41) is 1.01. The predicted molar refractivity (Wildman–Crippen MR) is 78.3 cm³/mol. The molecule has 2 rings (SSSR count). The number of carbonyl (C=O) groups is 1. The number of carbonyl (C=O) groups excluding carboxylic acids is 1. The van der Waals surface area contributed by atoms with Gasteiger partial charge in [0.2, 0.25) is 0 Å². The number of nitrogens with zero attached hydrogens (tertiary/aromatic N) is 2. The minimum Gasteiger partial charge on any atom is -0.464 e. The second kappa shape index (κ2) is 4.84. The normalized spacial score (nSPS) is 10.6.